The van der Waals surface area contributed by atoms with Crippen LogP contribution in [-0.2, 0) is 22.6 Å². The molecule has 37 heavy (non-hydrogen) atoms. The number of anilines is 1. The number of ether oxygens (including phenoxy) is 1. The van der Waals surface area contributed by atoms with Gasteiger partial charge in [0.15, 0.2) is 0 Å². The van der Waals surface area contributed by atoms with Crippen LogP contribution in [0.5, 0.6) is 5.75 Å². The number of hydrogen-bond acceptors (Lipinski definition) is 4. The van der Waals surface area contributed by atoms with Gasteiger partial charge in [-0.05, 0) is 53.9 Å². The van der Waals surface area contributed by atoms with Gasteiger partial charge in [-0.2, -0.15) is 13.2 Å². The minimum atomic E-state index is -4.94. The molecule has 2 N–H and O–H groups in total. The molecule has 0 unspecified atom stereocenters. The van der Waals surface area contributed by atoms with Crippen LogP contribution in [0.3, 0.4) is 0 Å². The maximum Gasteiger partial charge on any atom is 0.573 e. The molecule has 194 valence electrons. The first-order valence-electron chi connectivity index (χ1n) is 10.4. The Labute approximate surface area is 205 Å². The molecule has 0 saturated heterocycles. The topological polar surface area (TPSA) is 88.3 Å². The van der Waals surface area contributed by atoms with Gasteiger partial charge in [-0.3, -0.25) is 9.52 Å². The number of pyridine rings is 1. The van der Waals surface area contributed by atoms with Gasteiger partial charge in [-0.15, -0.1) is 13.2 Å². The van der Waals surface area contributed by atoms with Crippen molar-refractivity contribution >= 4 is 26.6 Å². The zero-order valence-corrected chi connectivity index (χ0v) is 19.3. The number of aromatic amines is 1. The molecular weight excluding hydrogens is 526 g/mol. The number of nitrogens with one attached hydrogen (secondary N) is 2. The summed E-state index contributed by atoms with van der Waals surface area (Å²) in [4.78, 5) is 13.7. The average Bonchev–Trinajstić information content (AvgIpc) is 2.77. The number of rotatable bonds is 6. The highest BCUT2D eigenvalue weighted by Crippen LogP contribution is 2.34. The third-order valence-corrected chi connectivity index (χ3v) is 6.57. The van der Waals surface area contributed by atoms with Crippen LogP contribution in [-0.4, -0.2) is 19.8 Å². The molecule has 0 bridgehead atoms. The Kier molecular flexibility index (Phi) is 6.67. The van der Waals surface area contributed by atoms with Crippen molar-refractivity contribution in [2.45, 2.75) is 23.9 Å². The number of sulfonamides is 1. The fourth-order valence-corrected chi connectivity index (χ4v) is 4.69. The summed E-state index contributed by atoms with van der Waals surface area (Å²) in [6.07, 6.45) is -9.51. The van der Waals surface area contributed by atoms with Gasteiger partial charge in [0, 0.05) is 23.0 Å². The second-order valence-electron chi connectivity index (χ2n) is 7.93. The normalized spacial score (nSPS) is 12.5. The fraction of sp³-hybridized carbons (Fsp3) is 0.125. The monoisotopic (exact) mass is 542 g/mol. The minimum absolute atomic E-state index is 0.0285. The van der Waals surface area contributed by atoms with Crippen molar-refractivity contribution in [3.05, 3.63) is 99.8 Å². The van der Waals surface area contributed by atoms with Gasteiger partial charge in [0.25, 0.3) is 10.0 Å². The molecule has 1 aromatic heterocycles. The summed E-state index contributed by atoms with van der Waals surface area (Å²) >= 11 is 0. The Morgan fingerprint density at radius 2 is 1.51 bits per heavy atom. The standard InChI is InChI=1S/C24H16F6N2O4S/c25-23(26,27)20-13-22(33)31-21-9-6-15(11-19(20)21)10-14-4-7-18(8-5-14)37(34,35)32-16-2-1-3-17(12-16)36-24(28,29)30/h1-9,11-13,32H,10H2,(H,31,33). The smallest absolute Gasteiger partial charge is 0.406 e. The van der Waals surface area contributed by atoms with Crippen molar-refractivity contribution < 1.29 is 39.5 Å². The van der Waals surface area contributed by atoms with E-state index in [4.69, 9.17) is 0 Å². The SMILES string of the molecule is O=c1cc(C(F)(F)F)c2cc(Cc3ccc(S(=O)(=O)Nc4cccc(OC(F)(F)F)c4)cc3)ccc2[nH]1. The molecule has 6 nitrogen and oxygen atoms in total. The van der Waals surface area contributed by atoms with Gasteiger partial charge in [-0.25, -0.2) is 8.42 Å². The number of H-pyrrole nitrogens is 1. The molecule has 0 amide bonds. The van der Waals surface area contributed by atoms with Crippen LogP contribution in [0.15, 0.2) is 82.5 Å². The Morgan fingerprint density at radius 3 is 2.16 bits per heavy atom. The van der Waals surface area contributed by atoms with Crippen molar-refractivity contribution in [1.82, 2.24) is 4.98 Å². The molecule has 0 spiro atoms. The van der Waals surface area contributed by atoms with Crippen LogP contribution >= 0.6 is 0 Å². The molecule has 0 radical (unpaired) electrons. The van der Waals surface area contributed by atoms with Gasteiger partial charge < -0.3 is 9.72 Å². The van der Waals surface area contributed by atoms with Crippen LogP contribution < -0.4 is 15.0 Å². The molecule has 0 aliphatic rings. The number of aromatic nitrogens is 1. The van der Waals surface area contributed by atoms with Crippen molar-refractivity contribution in [3.63, 3.8) is 0 Å². The maximum atomic E-state index is 13.4. The van der Waals surface area contributed by atoms with Gasteiger partial charge in [-0.1, -0.05) is 24.3 Å². The zero-order chi connectivity index (χ0) is 27.0. The summed E-state index contributed by atoms with van der Waals surface area (Å²) in [5, 5.41) is -0.176. The number of benzene rings is 3. The van der Waals surface area contributed by atoms with E-state index in [0.29, 0.717) is 17.2 Å². The molecule has 4 rings (SSSR count). The third kappa shape index (κ3) is 6.42. The average molecular weight is 542 g/mol. The quantitative estimate of drug-likeness (QED) is 0.300. The Hall–Kier alpha value is -4.00. The fourth-order valence-electron chi connectivity index (χ4n) is 3.64. The van der Waals surface area contributed by atoms with E-state index < -0.39 is 39.4 Å². The van der Waals surface area contributed by atoms with Crippen molar-refractivity contribution in [3.8, 4) is 5.75 Å². The van der Waals surface area contributed by atoms with E-state index in [1.807, 2.05) is 0 Å². The molecule has 0 aliphatic carbocycles. The molecule has 3 aromatic carbocycles. The lowest BCUT2D eigenvalue weighted by atomic mass is 10.0. The first-order chi connectivity index (χ1) is 17.2. The third-order valence-electron chi connectivity index (χ3n) is 5.17. The Bertz CT molecular complexity index is 1610. The summed E-state index contributed by atoms with van der Waals surface area (Å²) < 4.78 is 109. The van der Waals surface area contributed by atoms with Crippen LogP contribution in [0.4, 0.5) is 32.0 Å². The summed E-state index contributed by atoms with van der Waals surface area (Å²) in [7, 11) is -4.16. The molecule has 0 saturated carbocycles. The van der Waals surface area contributed by atoms with E-state index in [2.05, 4.69) is 14.4 Å². The van der Waals surface area contributed by atoms with E-state index in [9.17, 15) is 39.6 Å². The summed E-state index contributed by atoms with van der Waals surface area (Å²) in [5.41, 5.74) is -0.999. The predicted molar refractivity (Wildman–Crippen MR) is 123 cm³/mol. The summed E-state index contributed by atoms with van der Waals surface area (Å²) in [5.74, 6) is -0.601. The lowest BCUT2D eigenvalue weighted by molar-refractivity contribution is -0.274. The van der Waals surface area contributed by atoms with Crippen molar-refractivity contribution in [1.29, 1.82) is 0 Å². The van der Waals surface area contributed by atoms with E-state index in [-0.39, 0.29) is 27.9 Å². The largest absolute Gasteiger partial charge is 0.573 e. The molecule has 0 fully saturated rings. The predicted octanol–water partition coefficient (Wildman–Crippen LogP) is 5.84. The minimum Gasteiger partial charge on any atom is -0.406 e. The molecule has 1 heterocycles. The zero-order valence-electron chi connectivity index (χ0n) is 18.4. The van der Waals surface area contributed by atoms with E-state index >= 15 is 0 Å². The van der Waals surface area contributed by atoms with Gasteiger partial charge in [0.1, 0.15) is 5.75 Å². The first kappa shape index (κ1) is 26.1. The maximum absolute atomic E-state index is 13.4. The lowest BCUT2D eigenvalue weighted by Gasteiger charge is -2.12. The summed E-state index contributed by atoms with van der Waals surface area (Å²) in [6.45, 7) is 0. The van der Waals surface area contributed by atoms with Crippen LogP contribution in [0, 0.1) is 0 Å². The number of fused-ring (bicyclic) bond motifs is 1. The number of alkyl halides is 6. The molecule has 0 atom stereocenters. The first-order valence-corrected chi connectivity index (χ1v) is 11.9. The highest BCUT2D eigenvalue weighted by Gasteiger charge is 2.33. The Balaban J connectivity index is 1.54. The number of hydrogen-bond donors (Lipinski definition) is 2. The molecule has 0 aliphatic heterocycles. The number of halogens is 6. The highest BCUT2D eigenvalue weighted by molar-refractivity contribution is 7.92. The Morgan fingerprint density at radius 1 is 0.838 bits per heavy atom. The van der Waals surface area contributed by atoms with E-state index in [1.54, 1.807) is 6.07 Å². The van der Waals surface area contributed by atoms with Crippen LogP contribution in [0.1, 0.15) is 16.7 Å². The second-order valence-corrected chi connectivity index (χ2v) is 9.61. The van der Waals surface area contributed by atoms with Crippen molar-refractivity contribution in [2.75, 3.05) is 4.72 Å². The second kappa shape index (κ2) is 9.47. The lowest BCUT2D eigenvalue weighted by Crippen LogP contribution is -2.17. The molecular formula is C24H16F6N2O4S. The van der Waals surface area contributed by atoms with Gasteiger partial charge in [0.05, 0.1) is 16.1 Å². The van der Waals surface area contributed by atoms with Gasteiger partial charge >= 0.3 is 12.5 Å². The van der Waals surface area contributed by atoms with Crippen LogP contribution in [0.2, 0.25) is 0 Å². The van der Waals surface area contributed by atoms with Crippen LogP contribution in [0.25, 0.3) is 10.9 Å². The molecule has 13 heteroatoms. The highest BCUT2D eigenvalue weighted by atomic mass is 32.2. The molecule has 4 aromatic rings. The van der Waals surface area contributed by atoms with Gasteiger partial charge in [0.2, 0.25) is 5.56 Å². The van der Waals surface area contributed by atoms with E-state index in [1.165, 1.54) is 48.5 Å². The van der Waals surface area contributed by atoms with Crippen molar-refractivity contribution in [2.24, 2.45) is 0 Å². The summed E-state index contributed by atoms with van der Waals surface area (Å²) in [6, 6.07) is 14.5. The van der Waals surface area contributed by atoms with E-state index in [0.717, 1.165) is 12.1 Å².